The van der Waals surface area contributed by atoms with Gasteiger partial charge in [-0.2, -0.15) is 4.98 Å². The van der Waals surface area contributed by atoms with Crippen molar-refractivity contribution in [3.05, 3.63) is 35.9 Å². The highest BCUT2D eigenvalue weighted by Crippen LogP contribution is 2.37. The maximum absolute atomic E-state index is 12.6. The van der Waals surface area contributed by atoms with Gasteiger partial charge in [0.05, 0.1) is 30.7 Å². The van der Waals surface area contributed by atoms with Gasteiger partial charge in [-0.15, -0.1) is 10.2 Å². The largest absolute Gasteiger partial charge is 0.494 e. The van der Waals surface area contributed by atoms with Crippen LogP contribution in [0.1, 0.15) is 34.0 Å². The van der Waals surface area contributed by atoms with E-state index in [0.29, 0.717) is 12.2 Å². The number of hydrogen-bond donors (Lipinski definition) is 7. The number of carbonyl (C=O) groups is 3. The standard InChI is InChI=1S/C23H26N8O9/c1-38-9-8-24-21(34)22-27-18(31-40-22)12-4-3-5-13(17(12)39-2)25-14-10-15(26-19(32)11-6-7-11)29-30-16(14)20(33)28-23(35,36)37/h3-5,10-11,35-37H,6-9H2,1-2H3,(H,24,34)(H,28,33)(H2,25,26,29,32). The van der Waals surface area contributed by atoms with E-state index in [0.717, 1.165) is 12.8 Å². The molecule has 0 unspecified atom stereocenters. The summed E-state index contributed by atoms with van der Waals surface area (Å²) in [6.45, 7) is 0.527. The number of aliphatic hydroxyl groups is 3. The van der Waals surface area contributed by atoms with Gasteiger partial charge in [0.25, 0.3) is 5.91 Å². The maximum Gasteiger partial charge on any atom is 0.369 e. The lowest BCUT2D eigenvalue weighted by Crippen LogP contribution is -2.48. The van der Waals surface area contributed by atoms with Gasteiger partial charge in [-0.1, -0.05) is 11.2 Å². The van der Waals surface area contributed by atoms with Gasteiger partial charge in [0, 0.05) is 25.6 Å². The van der Waals surface area contributed by atoms with Gasteiger partial charge in [0.15, 0.2) is 17.3 Å². The van der Waals surface area contributed by atoms with E-state index in [-0.39, 0.29) is 53.0 Å². The van der Waals surface area contributed by atoms with Crippen LogP contribution in [0, 0.1) is 5.92 Å². The first-order valence-electron chi connectivity index (χ1n) is 11.8. The number of carbonyl (C=O) groups excluding carboxylic acids is 3. The molecule has 1 fully saturated rings. The van der Waals surface area contributed by atoms with Crippen LogP contribution in [0.3, 0.4) is 0 Å². The number of hydrogen-bond acceptors (Lipinski definition) is 14. The number of rotatable bonds is 12. The molecule has 0 bridgehead atoms. The zero-order valence-corrected chi connectivity index (χ0v) is 21.3. The van der Waals surface area contributed by atoms with E-state index in [1.807, 2.05) is 0 Å². The normalized spacial score (nSPS) is 12.9. The molecule has 0 aliphatic heterocycles. The van der Waals surface area contributed by atoms with E-state index < -0.39 is 23.6 Å². The molecule has 2 heterocycles. The molecule has 1 aliphatic rings. The molecule has 4 rings (SSSR count). The number of methoxy groups -OCH3 is 2. The minimum atomic E-state index is -3.53. The molecule has 0 saturated heterocycles. The molecule has 0 atom stereocenters. The third-order valence-corrected chi connectivity index (χ3v) is 5.43. The predicted molar refractivity (Wildman–Crippen MR) is 134 cm³/mol. The summed E-state index contributed by atoms with van der Waals surface area (Å²) in [6.07, 6.45) is -2.04. The minimum Gasteiger partial charge on any atom is -0.494 e. The Bertz CT molecular complexity index is 1400. The fourth-order valence-electron chi connectivity index (χ4n) is 3.44. The Morgan fingerprint density at radius 3 is 2.55 bits per heavy atom. The Morgan fingerprint density at radius 2 is 1.88 bits per heavy atom. The van der Waals surface area contributed by atoms with E-state index in [4.69, 9.17) is 14.0 Å². The quantitative estimate of drug-likeness (QED) is 0.108. The van der Waals surface area contributed by atoms with Crippen molar-refractivity contribution in [2.24, 2.45) is 5.92 Å². The number of nitrogens with one attached hydrogen (secondary N) is 4. The van der Waals surface area contributed by atoms with Crippen molar-refractivity contribution in [3.63, 3.8) is 0 Å². The van der Waals surface area contributed by atoms with Crippen molar-refractivity contribution < 1.29 is 43.7 Å². The molecule has 3 amide bonds. The number of benzene rings is 1. The average molecular weight is 559 g/mol. The van der Waals surface area contributed by atoms with Gasteiger partial charge < -0.3 is 45.3 Å². The molecule has 1 aliphatic carbocycles. The second-order valence-electron chi connectivity index (χ2n) is 8.53. The summed E-state index contributed by atoms with van der Waals surface area (Å²) in [7, 11) is 2.85. The first kappa shape index (κ1) is 28.3. The number of ether oxygens (including phenoxy) is 2. The summed E-state index contributed by atoms with van der Waals surface area (Å²) in [4.78, 5) is 41.2. The third kappa shape index (κ3) is 7.03. The zero-order valence-electron chi connectivity index (χ0n) is 21.3. The van der Waals surface area contributed by atoms with Gasteiger partial charge in [0.2, 0.25) is 11.7 Å². The van der Waals surface area contributed by atoms with Crippen LogP contribution in [-0.4, -0.2) is 86.8 Å². The summed E-state index contributed by atoms with van der Waals surface area (Å²) >= 11 is 0. The molecule has 212 valence electrons. The molecule has 40 heavy (non-hydrogen) atoms. The highest BCUT2D eigenvalue weighted by molar-refractivity contribution is 6.00. The van der Waals surface area contributed by atoms with Crippen LogP contribution in [0.2, 0.25) is 0 Å². The van der Waals surface area contributed by atoms with Crippen LogP contribution >= 0.6 is 0 Å². The van der Waals surface area contributed by atoms with Crippen LogP contribution in [0.5, 0.6) is 5.75 Å². The van der Waals surface area contributed by atoms with Crippen LogP contribution in [0.4, 0.5) is 17.2 Å². The Kier molecular flexibility index (Phi) is 8.49. The van der Waals surface area contributed by atoms with Crippen molar-refractivity contribution in [3.8, 4) is 17.1 Å². The second-order valence-corrected chi connectivity index (χ2v) is 8.53. The van der Waals surface area contributed by atoms with Crippen LogP contribution in [0.25, 0.3) is 11.4 Å². The van der Waals surface area contributed by atoms with Crippen LogP contribution < -0.4 is 26.0 Å². The van der Waals surface area contributed by atoms with E-state index in [1.54, 1.807) is 18.2 Å². The number of para-hydroxylation sites is 1. The monoisotopic (exact) mass is 558 g/mol. The van der Waals surface area contributed by atoms with Gasteiger partial charge in [-0.3, -0.25) is 19.7 Å². The fourth-order valence-corrected chi connectivity index (χ4v) is 3.44. The van der Waals surface area contributed by atoms with Crippen LogP contribution in [0.15, 0.2) is 28.8 Å². The van der Waals surface area contributed by atoms with Crippen molar-refractivity contribution in [1.82, 2.24) is 31.0 Å². The van der Waals surface area contributed by atoms with Gasteiger partial charge >= 0.3 is 17.9 Å². The smallest absolute Gasteiger partial charge is 0.369 e. The van der Waals surface area contributed by atoms with Gasteiger partial charge in [-0.25, -0.2) is 0 Å². The minimum absolute atomic E-state index is 0.0108. The first-order chi connectivity index (χ1) is 19.1. The predicted octanol–water partition coefficient (Wildman–Crippen LogP) is -0.678. The maximum atomic E-state index is 12.6. The Morgan fingerprint density at radius 1 is 1.10 bits per heavy atom. The third-order valence-electron chi connectivity index (χ3n) is 5.43. The highest BCUT2D eigenvalue weighted by atomic mass is 16.7. The van der Waals surface area contributed by atoms with Gasteiger partial charge in [-0.05, 0) is 25.0 Å². The van der Waals surface area contributed by atoms with E-state index in [1.165, 1.54) is 25.6 Å². The molecule has 0 spiro atoms. The summed E-state index contributed by atoms with van der Waals surface area (Å²) in [5, 5.41) is 48.6. The van der Waals surface area contributed by atoms with Crippen molar-refractivity contribution in [2.45, 2.75) is 18.9 Å². The number of aromatic nitrogens is 4. The van der Waals surface area contributed by atoms with E-state index >= 15 is 0 Å². The first-order valence-corrected chi connectivity index (χ1v) is 11.8. The lowest BCUT2D eigenvalue weighted by atomic mass is 10.1. The molecule has 7 N–H and O–H groups in total. The highest BCUT2D eigenvalue weighted by Gasteiger charge is 2.31. The second kappa shape index (κ2) is 12.0. The molecule has 2 aromatic heterocycles. The molecule has 17 nitrogen and oxygen atoms in total. The summed E-state index contributed by atoms with van der Waals surface area (Å²) < 4.78 is 15.5. The lowest BCUT2D eigenvalue weighted by Gasteiger charge is -2.18. The molecule has 3 aromatic rings. The number of amides is 3. The molecular formula is C23H26N8O9. The molecular weight excluding hydrogens is 532 g/mol. The van der Waals surface area contributed by atoms with Gasteiger partial charge in [0.1, 0.15) is 0 Å². The topological polar surface area (TPSA) is 243 Å². The van der Waals surface area contributed by atoms with E-state index in [9.17, 15) is 29.7 Å². The van der Waals surface area contributed by atoms with Crippen molar-refractivity contribution >= 4 is 34.9 Å². The van der Waals surface area contributed by atoms with Crippen molar-refractivity contribution in [1.29, 1.82) is 0 Å². The number of nitrogens with zero attached hydrogens (tertiary/aromatic N) is 4. The summed E-state index contributed by atoms with van der Waals surface area (Å²) in [5.41, 5.74) is 0.0424. The number of anilines is 3. The molecule has 0 radical (unpaired) electrons. The Hall–Kier alpha value is -4.71. The molecule has 1 aromatic carbocycles. The lowest BCUT2D eigenvalue weighted by molar-refractivity contribution is -0.323. The molecule has 17 heteroatoms. The molecule has 1 saturated carbocycles. The summed E-state index contributed by atoms with van der Waals surface area (Å²) in [5.74, 6) is -2.31. The van der Waals surface area contributed by atoms with Crippen molar-refractivity contribution in [2.75, 3.05) is 38.0 Å². The van der Waals surface area contributed by atoms with Crippen LogP contribution in [-0.2, 0) is 9.53 Å². The SMILES string of the molecule is COCCNC(=O)c1nc(-c2cccc(Nc3cc(NC(=O)C4CC4)nnc3C(=O)NC(O)(O)O)c2OC)no1. The van der Waals surface area contributed by atoms with E-state index in [2.05, 4.69) is 36.3 Å². The Labute approximate surface area is 225 Å². The average Bonchev–Trinajstić information content (AvgIpc) is 3.64. The summed E-state index contributed by atoms with van der Waals surface area (Å²) in [6, 6.07) is 6.05. The fraction of sp³-hybridized carbons (Fsp3) is 0.348. The Balaban J connectivity index is 1.66. The zero-order chi connectivity index (χ0) is 28.9.